The van der Waals surface area contributed by atoms with Crippen LogP contribution in [0, 0.1) is 0 Å². The van der Waals surface area contributed by atoms with Gasteiger partial charge in [0.25, 0.3) is 0 Å². The summed E-state index contributed by atoms with van der Waals surface area (Å²) in [6, 6.07) is 0. The second-order valence-electron chi connectivity index (χ2n) is 4.35. The van der Waals surface area contributed by atoms with E-state index in [1.165, 1.54) is 0 Å². The highest BCUT2D eigenvalue weighted by Gasteiger charge is 2.47. The van der Waals surface area contributed by atoms with E-state index in [4.69, 9.17) is 16.3 Å². The molecule has 0 aromatic carbocycles. The molecule has 1 aliphatic rings. The van der Waals surface area contributed by atoms with E-state index in [9.17, 15) is 5.11 Å². The van der Waals surface area contributed by atoms with Crippen LogP contribution in [0.3, 0.4) is 0 Å². The number of aliphatic hydroxyl groups excluding tert-OH is 1. The standard InChI is InChI=1S/C9H16BrClO2/c1-8(2)6(10)4-7(11)9(3,5-12)13-8/h6-7,12H,4-5H2,1-3H3/t6-,7+,9+/m0/s1. The third kappa shape index (κ3) is 2.20. The van der Waals surface area contributed by atoms with Gasteiger partial charge in [0.1, 0.15) is 5.60 Å². The van der Waals surface area contributed by atoms with Crippen molar-refractivity contribution in [3.8, 4) is 0 Å². The average Bonchev–Trinajstić information content (AvgIpc) is 2.01. The molecule has 0 saturated carbocycles. The minimum absolute atomic E-state index is 0.0374. The van der Waals surface area contributed by atoms with Crippen molar-refractivity contribution in [3.05, 3.63) is 0 Å². The number of alkyl halides is 2. The molecule has 0 spiro atoms. The van der Waals surface area contributed by atoms with Crippen LogP contribution in [0.15, 0.2) is 0 Å². The first kappa shape index (κ1) is 11.8. The van der Waals surface area contributed by atoms with Gasteiger partial charge in [0.2, 0.25) is 0 Å². The smallest absolute Gasteiger partial charge is 0.105 e. The second-order valence-corrected chi connectivity index (χ2v) is 5.98. The molecule has 0 aromatic heterocycles. The van der Waals surface area contributed by atoms with Gasteiger partial charge in [-0.2, -0.15) is 0 Å². The number of ether oxygens (including phenoxy) is 1. The summed E-state index contributed by atoms with van der Waals surface area (Å²) in [5.74, 6) is 0. The third-order valence-electron chi connectivity index (χ3n) is 2.64. The number of hydrogen-bond donors (Lipinski definition) is 1. The summed E-state index contributed by atoms with van der Waals surface area (Å²) in [6.45, 7) is 5.82. The molecule has 0 unspecified atom stereocenters. The Kier molecular flexibility index (Phi) is 3.34. The van der Waals surface area contributed by atoms with Crippen LogP contribution in [0.1, 0.15) is 27.2 Å². The molecule has 0 bridgehead atoms. The molecule has 1 N–H and O–H groups in total. The highest BCUT2D eigenvalue weighted by molar-refractivity contribution is 9.09. The van der Waals surface area contributed by atoms with Crippen LogP contribution in [-0.2, 0) is 4.74 Å². The summed E-state index contributed by atoms with van der Waals surface area (Å²) in [5.41, 5.74) is -0.891. The maximum absolute atomic E-state index is 9.21. The zero-order valence-electron chi connectivity index (χ0n) is 8.18. The lowest BCUT2D eigenvalue weighted by molar-refractivity contribution is -0.173. The van der Waals surface area contributed by atoms with E-state index < -0.39 is 5.60 Å². The Bertz CT molecular complexity index is 198. The highest BCUT2D eigenvalue weighted by Crippen LogP contribution is 2.41. The van der Waals surface area contributed by atoms with Gasteiger partial charge in [-0.15, -0.1) is 11.6 Å². The summed E-state index contributed by atoms with van der Waals surface area (Å²) in [5, 5.41) is 9.07. The van der Waals surface area contributed by atoms with Gasteiger partial charge in [-0.05, 0) is 27.2 Å². The van der Waals surface area contributed by atoms with Gasteiger partial charge in [-0.25, -0.2) is 0 Å². The number of halogens is 2. The van der Waals surface area contributed by atoms with Gasteiger partial charge < -0.3 is 9.84 Å². The molecule has 0 amide bonds. The minimum Gasteiger partial charge on any atom is -0.393 e. The normalized spacial score (nSPS) is 44.8. The van der Waals surface area contributed by atoms with Gasteiger partial charge in [-0.3, -0.25) is 0 Å². The largest absolute Gasteiger partial charge is 0.393 e. The quantitative estimate of drug-likeness (QED) is 0.742. The summed E-state index contributed by atoms with van der Waals surface area (Å²) in [7, 11) is 0. The van der Waals surface area contributed by atoms with E-state index in [1.807, 2.05) is 20.8 Å². The van der Waals surface area contributed by atoms with Crippen LogP contribution in [0.25, 0.3) is 0 Å². The second kappa shape index (κ2) is 3.69. The van der Waals surface area contributed by atoms with Crippen molar-refractivity contribution in [1.82, 2.24) is 0 Å². The molecule has 13 heavy (non-hydrogen) atoms. The molecule has 0 radical (unpaired) electrons. The molecule has 78 valence electrons. The lowest BCUT2D eigenvalue weighted by Crippen LogP contribution is -2.57. The molecule has 2 nitrogen and oxygen atoms in total. The van der Waals surface area contributed by atoms with Crippen molar-refractivity contribution in [1.29, 1.82) is 0 Å². The summed E-state index contributed by atoms with van der Waals surface area (Å²) >= 11 is 9.67. The van der Waals surface area contributed by atoms with E-state index >= 15 is 0 Å². The molecule has 0 aromatic rings. The van der Waals surface area contributed by atoms with Crippen LogP contribution in [-0.4, -0.2) is 33.1 Å². The Hall–Kier alpha value is 0.690. The first-order valence-electron chi connectivity index (χ1n) is 4.41. The maximum Gasteiger partial charge on any atom is 0.105 e. The average molecular weight is 272 g/mol. The zero-order chi connectivity index (χ0) is 10.3. The lowest BCUT2D eigenvalue weighted by Gasteiger charge is -2.48. The lowest BCUT2D eigenvalue weighted by atomic mass is 9.88. The van der Waals surface area contributed by atoms with Gasteiger partial charge in [0.05, 0.1) is 17.6 Å². The van der Waals surface area contributed by atoms with Crippen molar-refractivity contribution in [3.63, 3.8) is 0 Å². The number of hydrogen-bond acceptors (Lipinski definition) is 2. The van der Waals surface area contributed by atoms with Crippen LogP contribution >= 0.6 is 27.5 Å². The molecular formula is C9H16BrClO2. The first-order valence-corrected chi connectivity index (χ1v) is 5.76. The van der Waals surface area contributed by atoms with Crippen molar-refractivity contribution in [2.24, 2.45) is 0 Å². The molecule has 1 aliphatic heterocycles. The summed E-state index contributed by atoms with van der Waals surface area (Å²) in [6.07, 6.45) is 0.811. The van der Waals surface area contributed by atoms with Crippen molar-refractivity contribution < 1.29 is 9.84 Å². The Morgan fingerprint density at radius 2 is 2.08 bits per heavy atom. The molecule has 0 aliphatic carbocycles. The highest BCUT2D eigenvalue weighted by atomic mass is 79.9. The monoisotopic (exact) mass is 270 g/mol. The zero-order valence-corrected chi connectivity index (χ0v) is 10.5. The predicted molar refractivity (Wildman–Crippen MR) is 57.6 cm³/mol. The van der Waals surface area contributed by atoms with E-state index in [1.54, 1.807) is 0 Å². The van der Waals surface area contributed by atoms with Crippen LogP contribution in [0.5, 0.6) is 0 Å². The van der Waals surface area contributed by atoms with Gasteiger partial charge in [-0.1, -0.05) is 15.9 Å². The third-order valence-corrected chi connectivity index (χ3v) is 4.76. The van der Waals surface area contributed by atoms with E-state index in [0.29, 0.717) is 0 Å². The number of aliphatic hydroxyl groups is 1. The number of rotatable bonds is 1. The van der Waals surface area contributed by atoms with E-state index in [-0.39, 0.29) is 22.4 Å². The van der Waals surface area contributed by atoms with Crippen LogP contribution in [0.2, 0.25) is 0 Å². The molecule has 1 rings (SSSR count). The Balaban J connectivity index is 2.82. The first-order chi connectivity index (χ1) is 5.82. The molecular weight excluding hydrogens is 255 g/mol. The summed E-state index contributed by atoms with van der Waals surface area (Å²) < 4.78 is 5.81. The molecule has 4 heteroatoms. The maximum atomic E-state index is 9.21. The SMILES string of the molecule is CC1(C)O[C@](C)(CO)[C@H](Cl)C[C@@H]1Br. The molecule has 1 saturated heterocycles. The Morgan fingerprint density at radius 3 is 2.54 bits per heavy atom. The van der Waals surface area contributed by atoms with Gasteiger partial charge >= 0.3 is 0 Å². The van der Waals surface area contributed by atoms with Crippen molar-refractivity contribution in [2.45, 2.75) is 48.6 Å². The Morgan fingerprint density at radius 1 is 1.54 bits per heavy atom. The van der Waals surface area contributed by atoms with Crippen molar-refractivity contribution >= 4 is 27.5 Å². The predicted octanol–water partition coefficient (Wildman–Crippen LogP) is 2.31. The van der Waals surface area contributed by atoms with Crippen LogP contribution < -0.4 is 0 Å². The Labute approximate surface area is 92.7 Å². The molecule has 1 fully saturated rings. The molecule has 1 heterocycles. The van der Waals surface area contributed by atoms with Gasteiger partial charge in [0, 0.05) is 4.83 Å². The fourth-order valence-corrected chi connectivity index (χ4v) is 2.55. The summed E-state index contributed by atoms with van der Waals surface area (Å²) in [4.78, 5) is 0.238. The van der Waals surface area contributed by atoms with E-state index in [2.05, 4.69) is 15.9 Å². The topological polar surface area (TPSA) is 29.5 Å². The van der Waals surface area contributed by atoms with E-state index in [0.717, 1.165) is 6.42 Å². The fraction of sp³-hybridized carbons (Fsp3) is 1.00. The molecule has 3 atom stereocenters. The van der Waals surface area contributed by atoms with Crippen molar-refractivity contribution in [2.75, 3.05) is 6.61 Å². The van der Waals surface area contributed by atoms with Crippen LogP contribution in [0.4, 0.5) is 0 Å². The van der Waals surface area contributed by atoms with Gasteiger partial charge in [0.15, 0.2) is 0 Å². The fourth-order valence-electron chi connectivity index (χ4n) is 1.57. The minimum atomic E-state index is -0.616.